The fourth-order valence-electron chi connectivity index (χ4n) is 0.758. The third kappa shape index (κ3) is 5.51. The molecule has 74 valence electrons. The van der Waals surface area contributed by atoms with E-state index in [0.29, 0.717) is 19.0 Å². The van der Waals surface area contributed by atoms with Gasteiger partial charge >= 0.3 is 0 Å². The van der Waals surface area contributed by atoms with Crippen molar-refractivity contribution in [3.05, 3.63) is 0 Å². The number of hydrogen-bond acceptors (Lipinski definition) is 3. The molecular formula is C7H18N2O2S. The lowest BCUT2D eigenvalue weighted by Crippen LogP contribution is -2.30. The summed E-state index contributed by atoms with van der Waals surface area (Å²) in [5, 5.41) is 0. The van der Waals surface area contributed by atoms with Crippen molar-refractivity contribution in [1.29, 1.82) is 0 Å². The van der Waals surface area contributed by atoms with Gasteiger partial charge in [0.05, 0.1) is 5.75 Å². The fourth-order valence-corrected chi connectivity index (χ4v) is 1.50. The largest absolute Gasteiger partial charge is 0.330 e. The molecule has 0 saturated carbocycles. The second-order valence-electron chi connectivity index (χ2n) is 2.93. The molecule has 0 aliphatic carbocycles. The minimum atomic E-state index is -3.02. The maximum absolute atomic E-state index is 11.0. The zero-order valence-corrected chi connectivity index (χ0v) is 8.52. The first kappa shape index (κ1) is 11.9. The maximum Gasteiger partial charge on any atom is 0.211 e. The summed E-state index contributed by atoms with van der Waals surface area (Å²) in [7, 11) is -3.02. The van der Waals surface area contributed by atoms with E-state index < -0.39 is 10.0 Å². The molecule has 5 heteroatoms. The van der Waals surface area contributed by atoms with E-state index >= 15 is 0 Å². The van der Waals surface area contributed by atoms with Gasteiger partial charge in [-0.05, 0) is 25.8 Å². The van der Waals surface area contributed by atoms with Crippen LogP contribution in [0.1, 0.15) is 20.3 Å². The quantitative estimate of drug-likeness (QED) is 0.620. The van der Waals surface area contributed by atoms with Crippen LogP contribution in [0.15, 0.2) is 0 Å². The lowest BCUT2D eigenvalue weighted by Gasteiger charge is -2.10. The van der Waals surface area contributed by atoms with Gasteiger partial charge in [0.1, 0.15) is 0 Å². The Morgan fingerprint density at radius 2 is 2.08 bits per heavy atom. The molecule has 0 spiro atoms. The van der Waals surface area contributed by atoms with Gasteiger partial charge in [0, 0.05) is 6.54 Å². The van der Waals surface area contributed by atoms with Gasteiger partial charge in [-0.2, -0.15) is 0 Å². The molecule has 0 aliphatic heterocycles. The third-order valence-electron chi connectivity index (χ3n) is 1.69. The van der Waals surface area contributed by atoms with Gasteiger partial charge in [0.25, 0.3) is 0 Å². The minimum absolute atomic E-state index is 0.141. The van der Waals surface area contributed by atoms with E-state index in [9.17, 15) is 8.42 Å². The van der Waals surface area contributed by atoms with Crippen molar-refractivity contribution in [3.8, 4) is 0 Å². The Morgan fingerprint density at radius 3 is 2.50 bits per heavy atom. The average Bonchev–Trinajstić information content (AvgIpc) is 2.02. The van der Waals surface area contributed by atoms with E-state index in [2.05, 4.69) is 4.72 Å². The Bertz CT molecular complexity index is 201. The van der Waals surface area contributed by atoms with Crippen LogP contribution in [0.3, 0.4) is 0 Å². The Morgan fingerprint density at radius 1 is 1.50 bits per heavy atom. The highest BCUT2D eigenvalue weighted by molar-refractivity contribution is 7.89. The molecule has 0 saturated heterocycles. The Hall–Kier alpha value is -0.130. The molecule has 3 N–H and O–H groups in total. The van der Waals surface area contributed by atoms with E-state index in [0.717, 1.165) is 6.42 Å². The summed E-state index contributed by atoms with van der Waals surface area (Å²) < 4.78 is 24.4. The molecule has 0 aliphatic rings. The topological polar surface area (TPSA) is 72.2 Å². The Labute approximate surface area is 74.6 Å². The third-order valence-corrected chi connectivity index (χ3v) is 3.06. The molecule has 12 heavy (non-hydrogen) atoms. The first-order valence-electron chi connectivity index (χ1n) is 4.19. The first-order chi connectivity index (χ1) is 5.52. The molecule has 0 aromatic heterocycles. The zero-order valence-electron chi connectivity index (χ0n) is 7.71. The van der Waals surface area contributed by atoms with Gasteiger partial charge in [0.15, 0.2) is 0 Å². The van der Waals surface area contributed by atoms with Gasteiger partial charge in [-0.3, -0.25) is 0 Å². The molecule has 0 amide bonds. The van der Waals surface area contributed by atoms with Crippen LogP contribution in [0.4, 0.5) is 0 Å². The fraction of sp³-hybridized carbons (Fsp3) is 1.00. The van der Waals surface area contributed by atoms with E-state index in [1.54, 1.807) is 6.92 Å². The number of rotatable bonds is 6. The van der Waals surface area contributed by atoms with E-state index in [1.807, 2.05) is 6.92 Å². The molecule has 0 fully saturated rings. The van der Waals surface area contributed by atoms with Crippen molar-refractivity contribution in [3.63, 3.8) is 0 Å². The van der Waals surface area contributed by atoms with Gasteiger partial charge in [-0.25, -0.2) is 13.1 Å². The number of hydrogen-bond donors (Lipinski definition) is 2. The van der Waals surface area contributed by atoms with Crippen LogP contribution in [0, 0.1) is 5.92 Å². The summed E-state index contributed by atoms with van der Waals surface area (Å²) in [6.45, 7) is 4.70. The molecule has 0 aromatic rings. The van der Waals surface area contributed by atoms with Gasteiger partial charge in [-0.15, -0.1) is 0 Å². The van der Waals surface area contributed by atoms with Crippen LogP contribution in [-0.4, -0.2) is 27.3 Å². The molecule has 0 aromatic carbocycles. The molecule has 1 atom stereocenters. The molecule has 0 radical (unpaired) electrons. The predicted octanol–water partition coefficient (Wildman–Crippen LogP) is -0.0894. The standard InChI is InChI=1S/C7H18N2O2S/c1-3-12(10,11)9-6-7(2)4-5-8/h7,9H,3-6,8H2,1-2H3. The molecule has 0 rings (SSSR count). The Balaban J connectivity index is 3.68. The predicted molar refractivity (Wildman–Crippen MR) is 50.3 cm³/mol. The number of nitrogens with one attached hydrogen (secondary N) is 1. The molecule has 0 heterocycles. The van der Waals surface area contributed by atoms with Crippen molar-refractivity contribution in [2.45, 2.75) is 20.3 Å². The summed E-state index contributed by atoms with van der Waals surface area (Å²) in [4.78, 5) is 0. The highest BCUT2D eigenvalue weighted by Crippen LogP contribution is 1.98. The normalized spacial score (nSPS) is 14.6. The van der Waals surface area contributed by atoms with Gasteiger partial charge < -0.3 is 5.73 Å². The average molecular weight is 194 g/mol. The molecule has 4 nitrogen and oxygen atoms in total. The van der Waals surface area contributed by atoms with Crippen LogP contribution in [-0.2, 0) is 10.0 Å². The molecule has 1 unspecified atom stereocenters. The van der Waals surface area contributed by atoms with Crippen molar-refractivity contribution < 1.29 is 8.42 Å². The lowest BCUT2D eigenvalue weighted by atomic mass is 10.1. The maximum atomic E-state index is 11.0. The summed E-state index contributed by atoms with van der Waals surface area (Å²) in [5.74, 6) is 0.457. The van der Waals surface area contributed by atoms with Crippen molar-refractivity contribution >= 4 is 10.0 Å². The number of nitrogens with two attached hydrogens (primary N) is 1. The van der Waals surface area contributed by atoms with Crippen LogP contribution < -0.4 is 10.5 Å². The first-order valence-corrected chi connectivity index (χ1v) is 5.84. The van der Waals surface area contributed by atoms with E-state index in [4.69, 9.17) is 5.73 Å². The second-order valence-corrected chi connectivity index (χ2v) is 5.03. The second kappa shape index (κ2) is 5.50. The summed E-state index contributed by atoms with van der Waals surface area (Å²) in [5.41, 5.74) is 5.32. The van der Waals surface area contributed by atoms with Crippen LogP contribution in [0.25, 0.3) is 0 Å². The molecule has 0 bridgehead atoms. The zero-order chi connectivity index (χ0) is 9.61. The Kier molecular flexibility index (Phi) is 5.44. The van der Waals surface area contributed by atoms with Crippen LogP contribution in [0.2, 0.25) is 0 Å². The summed E-state index contributed by atoms with van der Waals surface area (Å²) in [6, 6.07) is 0. The van der Waals surface area contributed by atoms with E-state index in [1.165, 1.54) is 0 Å². The highest BCUT2D eigenvalue weighted by Gasteiger charge is 2.08. The summed E-state index contributed by atoms with van der Waals surface area (Å²) in [6.07, 6.45) is 0.853. The molecular weight excluding hydrogens is 176 g/mol. The summed E-state index contributed by atoms with van der Waals surface area (Å²) >= 11 is 0. The SMILES string of the molecule is CCS(=O)(=O)NCC(C)CCN. The van der Waals surface area contributed by atoms with Crippen LogP contribution in [0.5, 0.6) is 0 Å². The van der Waals surface area contributed by atoms with Gasteiger partial charge in [-0.1, -0.05) is 6.92 Å². The lowest BCUT2D eigenvalue weighted by molar-refractivity contribution is 0.516. The minimum Gasteiger partial charge on any atom is -0.330 e. The van der Waals surface area contributed by atoms with Crippen molar-refractivity contribution in [2.24, 2.45) is 11.7 Å². The van der Waals surface area contributed by atoms with E-state index in [-0.39, 0.29) is 5.75 Å². The van der Waals surface area contributed by atoms with Gasteiger partial charge in [0.2, 0.25) is 10.0 Å². The highest BCUT2D eigenvalue weighted by atomic mass is 32.2. The number of sulfonamides is 1. The van der Waals surface area contributed by atoms with Crippen LogP contribution >= 0.6 is 0 Å². The van der Waals surface area contributed by atoms with Crippen molar-refractivity contribution in [1.82, 2.24) is 4.72 Å². The smallest absolute Gasteiger partial charge is 0.211 e. The van der Waals surface area contributed by atoms with Crippen molar-refractivity contribution in [2.75, 3.05) is 18.8 Å². The monoisotopic (exact) mass is 194 g/mol.